The second kappa shape index (κ2) is 8.66. The van der Waals surface area contributed by atoms with E-state index in [4.69, 9.17) is 4.98 Å². The predicted molar refractivity (Wildman–Crippen MR) is 136 cm³/mol. The Morgan fingerprint density at radius 2 is 1.88 bits per heavy atom. The maximum atomic E-state index is 13.1. The topological polar surface area (TPSA) is 76.1 Å². The van der Waals surface area contributed by atoms with Crippen LogP contribution in [0.15, 0.2) is 53.4 Å². The highest BCUT2D eigenvalue weighted by Gasteiger charge is 2.27. The van der Waals surface area contributed by atoms with Crippen LogP contribution < -0.4 is 5.32 Å². The van der Waals surface area contributed by atoms with Crippen molar-refractivity contribution < 1.29 is 13.2 Å². The molecule has 0 bridgehead atoms. The standard InChI is InChI=1S/C25H24N2O3S3/c1-3-33(29,30)17-11-9-16(10-12-17)23(28)27-25-22(18-13-8-15(2)14-21(18)32-25)24-26-19-6-4-5-7-20(19)31-24/h4-7,9-12,15H,3,8,13-14H2,1-2H3,(H,27,28). The molecule has 4 aromatic rings. The van der Waals surface area contributed by atoms with Crippen molar-refractivity contribution in [3.63, 3.8) is 0 Å². The summed E-state index contributed by atoms with van der Waals surface area (Å²) >= 11 is 3.29. The molecule has 0 saturated heterocycles. The van der Waals surface area contributed by atoms with Crippen molar-refractivity contribution in [3.05, 3.63) is 64.5 Å². The number of thiophene rings is 1. The minimum Gasteiger partial charge on any atom is -0.313 e. The van der Waals surface area contributed by atoms with E-state index in [2.05, 4.69) is 18.3 Å². The molecule has 0 aliphatic heterocycles. The minimum absolute atomic E-state index is 0.0310. The van der Waals surface area contributed by atoms with E-state index in [-0.39, 0.29) is 16.6 Å². The normalized spacial score (nSPS) is 16.0. The summed E-state index contributed by atoms with van der Waals surface area (Å²) in [6, 6.07) is 14.2. The van der Waals surface area contributed by atoms with Crippen LogP contribution >= 0.6 is 22.7 Å². The van der Waals surface area contributed by atoms with Crippen molar-refractivity contribution in [2.24, 2.45) is 5.92 Å². The number of thiazole rings is 1. The van der Waals surface area contributed by atoms with Gasteiger partial charge in [0.1, 0.15) is 10.0 Å². The Morgan fingerprint density at radius 3 is 2.61 bits per heavy atom. The van der Waals surface area contributed by atoms with Crippen LogP contribution in [0.5, 0.6) is 0 Å². The van der Waals surface area contributed by atoms with Crippen LogP contribution in [-0.2, 0) is 22.7 Å². The Kier molecular flexibility index (Phi) is 5.84. The van der Waals surface area contributed by atoms with E-state index in [9.17, 15) is 13.2 Å². The van der Waals surface area contributed by atoms with Crippen LogP contribution in [0.2, 0.25) is 0 Å². The lowest BCUT2D eigenvalue weighted by atomic mass is 9.88. The number of sulfone groups is 1. The molecule has 1 unspecified atom stereocenters. The van der Waals surface area contributed by atoms with Gasteiger partial charge in [-0.3, -0.25) is 4.79 Å². The average molecular weight is 497 g/mol. The van der Waals surface area contributed by atoms with Gasteiger partial charge in [0, 0.05) is 16.0 Å². The van der Waals surface area contributed by atoms with Crippen molar-refractivity contribution in [1.82, 2.24) is 4.98 Å². The van der Waals surface area contributed by atoms with E-state index in [1.54, 1.807) is 41.7 Å². The lowest BCUT2D eigenvalue weighted by Gasteiger charge is -2.18. The molecular formula is C25H24N2O3S3. The highest BCUT2D eigenvalue weighted by molar-refractivity contribution is 7.91. The van der Waals surface area contributed by atoms with Crippen LogP contribution in [0.4, 0.5) is 5.00 Å². The minimum atomic E-state index is -3.30. The van der Waals surface area contributed by atoms with Gasteiger partial charge in [-0.05, 0) is 67.1 Å². The highest BCUT2D eigenvalue weighted by Crippen LogP contribution is 2.47. The molecule has 5 rings (SSSR count). The smallest absolute Gasteiger partial charge is 0.256 e. The number of amides is 1. The Bertz CT molecular complexity index is 1420. The van der Waals surface area contributed by atoms with E-state index in [1.807, 2.05) is 18.2 Å². The van der Waals surface area contributed by atoms with Crippen molar-refractivity contribution >= 4 is 53.6 Å². The summed E-state index contributed by atoms with van der Waals surface area (Å²) in [7, 11) is -3.30. The van der Waals surface area contributed by atoms with Gasteiger partial charge in [0.25, 0.3) is 5.91 Å². The largest absolute Gasteiger partial charge is 0.313 e. The first-order valence-electron chi connectivity index (χ1n) is 11.0. The maximum absolute atomic E-state index is 13.1. The molecular weight excluding hydrogens is 472 g/mol. The number of anilines is 1. The van der Waals surface area contributed by atoms with Crippen LogP contribution in [0.1, 0.15) is 41.1 Å². The molecule has 0 radical (unpaired) electrons. The quantitative estimate of drug-likeness (QED) is 0.357. The molecule has 1 amide bonds. The number of nitrogens with one attached hydrogen (secondary N) is 1. The van der Waals surface area contributed by atoms with E-state index >= 15 is 0 Å². The van der Waals surface area contributed by atoms with Gasteiger partial charge in [0.05, 0.1) is 20.9 Å². The molecule has 8 heteroatoms. The number of carbonyl (C=O) groups excluding carboxylic acids is 1. The summed E-state index contributed by atoms with van der Waals surface area (Å²) < 4.78 is 25.3. The van der Waals surface area contributed by atoms with Crippen LogP contribution in [-0.4, -0.2) is 25.1 Å². The summed E-state index contributed by atoms with van der Waals surface area (Å²) in [4.78, 5) is 19.5. The summed E-state index contributed by atoms with van der Waals surface area (Å²) in [6.45, 7) is 3.88. The Labute approximate surface area is 201 Å². The monoisotopic (exact) mass is 496 g/mol. The van der Waals surface area contributed by atoms with Crippen molar-refractivity contribution in [2.75, 3.05) is 11.1 Å². The molecule has 0 saturated carbocycles. The van der Waals surface area contributed by atoms with Crippen LogP contribution in [0.3, 0.4) is 0 Å². The van der Waals surface area contributed by atoms with Gasteiger partial charge < -0.3 is 5.32 Å². The van der Waals surface area contributed by atoms with Crippen molar-refractivity contribution in [2.45, 2.75) is 38.0 Å². The van der Waals surface area contributed by atoms with E-state index in [0.717, 1.165) is 45.1 Å². The SMILES string of the molecule is CCS(=O)(=O)c1ccc(C(=O)Nc2sc3c(c2-c2nc4ccccc4s2)CCC(C)C3)cc1. The molecule has 0 spiro atoms. The summed E-state index contributed by atoms with van der Waals surface area (Å²) in [5, 5.41) is 4.87. The fourth-order valence-electron chi connectivity index (χ4n) is 4.20. The molecule has 1 N–H and O–H groups in total. The number of para-hydroxylation sites is 1. The summed E-state index contributed by atoms with van der Waals surface area (Å²) in [5.74, 6) is 0.406. The first-order valence-corrected chi connectivity index (χ1v) is 14.3. The number of carbonyl (C=O) groups is 1. The molecule has 0 fully saturated rings. The summed E-state index contributed by atoms with van der Waals surface area (Å²) in [5.41, 5.74) is 3.74. The predicted octanol–water partition coefficient (Wildman–Crippen LogP) is 6.20. The van der Waals surface area contributed by atoms with Gasteiger partial charge in [-0.2, -0.15) is 0 Å². The molecule has 1 atom stereocenters. The lowest BCUT2D eigenvalue weighted by Crippen LogP contribution is -2.12. The first kappa shape index (κ1) is 22.3. The Hall–Kier alpha value is -2.55. The highest BCUT2D eigenvalue weighted by atomic mass is 32.2. The molecule has 1 aliphatic carbocycles. The second-order valence-corrected chi connectivity index (χ2v) is 12.8. The second-order valence-electron chi connectivity index (χ2n) is 8.42. The third-order valence-electron chi connectivity index (χ3n) is 6.10. The van der Waals surface area contributed by atoms with Gasteiger partial charge in [-0.15, -0.1) is 22.7 Å². The van der Waals surface area contributed by atoms with E-state index in [1.165, 1.54) is 22.6 Å². The fourth-order valence-corrected chi connectivity index (χ4v) is 7.60. The number of nitrogens with zero attached hydrogens (tertiary/aromatic N) is 1. The fraction of sp³-hybridized carbons (Fsp3) is 0.280. The molecule has 170 valence electrons. The number of hydrogen-bond donors (Lipinski definition) is 1. The number of rotatable bonds is 5. The first-order chi connectivity index (χ1) is 15.9. The molecule has 2 heterocycles. The van der Waals surface area contributed by atoms with E-state index in [0.29, 0.717) is 11.5 Å². The molecule has 5 nitrogen and oxygen atoms in total. The Morgan fingerprint density at radius 1 is 1.12 bits per heavy atom. The molecule has 2 aromatic heterocycles. The number of aromatic nitrogens is 1. The van der Waals surface area contributed by atoms with E-state index < -0.39 is 9.84 Å². The number of benzene rings is 2. The van der Waals surface area contributed by atoms with Gasteiger partial charge in [-0.1, -0.05) is 26.0 Å². The zero-order chi connectivity index (χ0) is 23.2. The molecule has 2 aromatic carbocycles. The molecule has 33 heavy (non-hydrogen) atoms. The van der Waals surface area contributed by atoms with Crippen molar-refractivity contribution in [3.8, 4) is 10.6 Å². The average Bonchev–Trinajstić information content (AvgIpc) is 3.39. The van der Waals surface area contributed by atoms with Gasteiger partial charge in [0.2, 0.25) is 0 Å². The molecule has 1 aliphatic rings. The lowest BCUT2D eigenvalue weighted by molar-refractivity contribution is 0.102. The third kappa shape index (κ3) is 4.23. The maximum Gasteiger partial charge on any atom is 0.256 e. The summed E-state index contributed by atoms with van der Waals surface area (Å²) in [6.07, 6.45) is 3.12. The number of fused-ring (bicyclic) bond motifs is 2. The van der Waals surface area contributed by atoms with Gasteiger partial charge >= 0.3 is 0 Å². The van der Waals surface area contributed by atoms with Gasteiger partial charge in [-0.25, -0.2) is 13.4 Å². The number of hydrogen-bond acceptors (Lipinski definition) is 6. The zero-order valence-electron chi connectivity index (χ0n) is 18.4. The zero-order valence-corrected chi connectivity index (χ0v) is 20.9. The van der Waals surface area contributed by atoms with Crippen LogP contribution in [0.25, 0.3) is 20.8 Å². The van der Waals surface area contributed by atoms with Gasteiger partial charge in [0.15, 0.2) is 9.84 Å². The third-order valence-corrected chi connectivity index (χ3v) is 10.1. The van der Waals surface area contributed by atoms with Crippen LogP contribution in [0, 0.1) is 5.92 Å². The van der Waals surface area contributed by atoms with Crippen molar-refractivity contribution in [1.29, 1.82) is 0 Å². The Balaban J connectivity index is 1.52.